The largest absolute Gasteiger partial charge is 0.480 e. The lowest BCUT2D eigenvalue weighted by molar-refractivity contribution is -0.139. The molecule has 0 saturated carbocycles. The van der Waals surface area contributed by atoms with Gasteiger partial charge in [0, 0.05) is 12.0 Å². The van der Waals surface area contributed by atoms with Crippen LogP contribution in [0.15, 0.2) is 24.3 Å². The van der Waals surface area contributed by atoms with E-state index >= 15 is 0 Å². The van der Waals surface area contributed by atoms with Gasteiger partial charge in [0.1, 0.15) is 17.5 Å². The van der Waals surface area contributed by atoms with E-state index in [0.29, 0.717) is 11.1 Å². The Morgan fingerprint density at radius 3 is 2.55 bits per heavy atom. The Balaban J connectivity index is 2.81. The first-order valence-electron chi connectivity index (χ1n) is 6.74. The molecule has 0 aliphatic carbocycles. The Labute approximate surface area is 129 Å². The van der Waals surface area contributed by atoms with E-state index in [1.807, 2.05) is 0 Å². The molecule has 7 nitrogen and oxygen atoms in total. The molecule has 1 amide bonds. The van der Waals surface area contributed by atoms with Crippen molar-refractivity contribution < 1.29 is 19.4 Å². The number of hydrogen-bond acceptors (Lipinski definition) is 4. The topological polar surface area (TPSA) is 126 Å². The molecular formula is C15H21N3O4. The van der Waals surface area contributed by atoms with Gasteiger partial charge in [0.2, 0.25) is 0 Å². The fourth-order valence-electron chi connectivity index (χ4n) is 1.75. The molecular weight excluding hydrogens is 286 g/mol. The number of carbonyl (C=O) groups excluding carboxylic acids is 1. The van der Waals surface area contributed by atoms with Gasteiger partial charge < -0.3 is 20.9 Å². The Hall–Kier alpha value is -2.57. The van der Waals surface area contributed by atoms with Crippen molar-refractivity contribution in [1.29, 1.82) is 5.41 Å². The Morgan fingerprint density at radius 1 is 1.41 bits per heavy atom. The van der Waals surface area contributed by atoms with Crippen molar-refractivity contribution in [3.63, 3.8) is 0 Å². The van der Waals surface area contributed by atoms with Crippen molar-refractivity contribution in [3.05, 3.63) is 35.4 Å². The van der Waals surface area contributed by atoms with Crippen LogP contribution in [0.3, 0.4) is 0 Å². The summed E-state index contributed by atoms with van der Waals surface area (Å²) in [5.41, 5.74) is 5.84. The van der Waals surface area contributed by atoms with Crippen molar-refractivity contribution in [1.82, 2.24) is 5.32 Å². The molecule has 120 valence electrons. The van der Waals surface area contributed by atoms with E-state index in [-0.39, 0.29) is 12.3 Å². The number of carboxylic acid groups (broad SMARTS) is 1. The molecule has 0 heterocycles. The summed E-state index contributed by atoms with van der Waals surface area (Å²) in [5.74, 6) is -1.27. The fraction of sp³-hybridized carbons (Fsp3) is 0.400. The molecule has 1 aromatic rings. The van der Waals surface area contributed by atoms with Gasteiger partial charge >= 0.3 is 12.1 Å². The second-order valence-corrected chi connectivity index (χ2v) is 5.86. The summed E-state index contributed by atoms with van der Waals surface area (Å²) >= 11 is 0. The molecule has 0 bridgehead atoms. The van der Waals surface area contributed by atoms with Crippen molar-refractivity contribution in [3.8, 4) is 0 Å². The molecule has 0 spiro atoms. The van der Waals surface area contributed by atoms with Crippen LogP contribution in [0, 0.1) is 5.41 Å². The third-order valence-electron chi connectivity index (χ3n) is 2.67. The van der Waals surface area contributed by atoms with Gasteiger partial charge in [-0.25, -0.2) is 9.59 Å². The maximum absolute atomic E-state index is 11.7. The molecule has 0 fully saturated rings. The number of alkyl carbamates (subject to hydrolysis) is 1. The number of carboxylic acids is 1. The van der Waals surface area contributed by atoms with Gasteiger partial charge in [-0.3, -0.25) is 5.41 Å². The van der Waals surface area contributed by atoms with Gasteiger partial charge in [0.05, 0.1) is 0 Å². The summed E-state index contributed by atoms with van der Waals surface area (Å²) < 4.78 is 5.05. The molecule has 1 rings (SSSR count). The summed E-state index contributed by atoms with van der Waals surface area (Å²) in [6.07, 6.45) is -0.724. The quantitative estimate of drug-likeness (QED) is 0.484. The van der Waals surface area contributed by atoms with Crippen LogP contribution in [-0.2, 0) is 16.0 Å². The minimum atomic E-state index is -1.17. The highest BCUT2D eigenvalue weighted by Gasteiger charge is 2.24. The number of ether oxygens (including phenoxy) is 1. The summed E-state index contributed by atoms with van der Waals surface area (Å²) in [5, 5.41) is 18.9. The lowest BCUT2D eigenvalue weighted by atomic mass is 10.0. The number of nitrogens with one attached hydrogen (secondary N) is 2. The van der Waals surface area contributed by atoms with Crippen LogP contribution in [0.25, 0.3) is 0 Å². The highest BCUT2D eigenvalue weighted by molar-refractivity contribution is 5.95. The van der Waals surface area contributed by atoms with Gasteiger partial charge in [-0.1, -0.05) is 18.2 Å². The molecule has 22 heavy (non-hydrogen) atoms. The van der Waals surface area contributed by atoms with E-state index < -0.39 is 23.7 Å². The lowest BCUT2D eigenvalue weighted by Gasteiger charge is -2.22. The number of rotatable bonds is 5. The highest BCUT2D eigenvalue weighted by Crippen LogP contribution is 2.10. The summed E-state index contributed by atoms with van der Waals surface area (Å²) in [6, 6.07) is 5.53. The predicted octanol–water partition coefficient (Wildman–Crippen LogP) is 1.49. The van der Waals surface area contributed by atoms with E-state index in [9.17, 15) is 14.7 Å². The molecule has 0 aliphatic rings. The second-order valence-electron chi connectivity index (χ2n) is 5.86. The average molecular weight is 307 g/mol. The molecule has 0 saturated heterocycles. The molecule has 0 aliphatic heterocycles. The second kappa shape index (κ2) is 6.93. The standard InChI is InChI=1S/C15H21N3O4/c1-15(2,3)22-14(21)18-11(13(19)20)8-9-5-4-6-10(7-9)12(16)17/h4-7,11H,8H2,1-3H3,(H3,16,17)(H,18,21)(H,19,20)/t11-/m0/s1. The van der Waals surface area contributed by atoms with Gasteiger partial charge in [0.15, 0.2) is 0 Å². The maximum Gasteiger partial charge on any atom is 0.408 e. The smallest absolute Gasteiger partial charge is 0.408 e. The maximum atomic E-state index is 11.7. The Kier molecular flexibility index (Phi) is 5.50. The number of amidine groups is 1. The average Bonchev–Trinajstić information content (AvgIpc) is 2.35. The summed E-state index contributed by atoms with van der Waals surface area (Å²) in [4.78, 5) is 23.0. The van der Waals surface area contributed by atoms with Gasteiger partial charge in [-0.05, 0) is 32.4 Å². The van der Waals surface area contributed by atoms with Crippen LogP contribution in [0.5, 0.6) is 0 Å². The van der Waals surface area contributed by atoms with Crippen molar-refractivity contribution >= 4 is 17.9 Å². The van der Waals surface area contributed by atoms with Gasteiger partial charge in [0.25, 0.3) is 0 Å². The number of hydrogen-bond donors (Lipinski definition) is 4. The van der Waals surface area contributed by atoms with Crippen LogP contribution >= 0.6 is 0 Å². The normalized spacial score (nSPS) is 12.3. The van der Waals surface area contributed by atoms with Gasteiger partial charge in [-0.2, -0.15) is 0 Å². The number of amides is 1. The first kappa shape index (κ1) is 17.5. The predicted molar refractivity (Wildman–Crippen MR) is 82.0 cm³/mol. The van der Waals surface area contributed by atoms with Crippen LogP contribution < -0.4 is 11.1 Å². The zero-order chi connectivity index (χ0) is 16.9. The third-order valence-corrected chi connectivity index (χ3v) is 2.67. The Morgan fingerprint density at radius 2 is 2.05 bits per heavy atom. The zero-order valence-electron chi connectivity index (χ0n) is 12.8. The molecule has 0 radical (unpaired) electrons. The molecule has 7 heteroatoms. The lowest BCUT2D eigenvalue weighted by Crippen LogP contribution is -2.44. The minimum absolute atomic E-state index is 0.0652. The van der Waals surface area contributed by atoms with Gasteiger partial charge in [-0.15, -0.1) is 0 Å². The SMILES string of the molecule is CC(C)(C)OC(=O)N[C@@H](Cc1cccc(C(=N)N)c1)C(=O)O. The summed E-state index contributed by atoms with van der Waals surface area (Å²) in [6.45, 7) is 5.08. The van der Waals surface area contributed by atoms with E-state index in [2.05, 4.69) is 5.32 Å². The van der Waals surface area contributed by atoms with Crippen molar-refractivity contribution in [2.75, 3.05) is 0 Å². The number of aliphatic carboxylic acids is 1. The first-order chi connectivity index (χ1) is 10.1. The fourth-order valence-corrected chi connectivity index (χ4v) is 1.75. The molecule has 0 aromatic heterocycles. The number of nitrogens with two attached hydrogens (primary N) is 1. The van der Waals surface area contributed by atoms with E-state index in [1.54, 1.807) is 45.0 Å². The van der Waals surface area contributed by atoms with Crippen LogP contribution in [0.1, 0.15) is 31.9 Å². The molecule has 5 N–H and O–H groups in total. The number of benzene rings is 1. The van der Waals surface area contributed by atoms with E-state index in [0.717, 1.165) is 0 Å². The Bertz CT molecular complexity index is 578. The van der Waals surface area contributed by atoms with Crippen molar-refractivity contribution in [2.45, 2.75) is 38.8 Å². The number of carbonyl (C=O) groups is 2. The van der Waals surface area contributed by atoms with Crippen LogP contribution in [0.2, 0.25) is 0 Å². The molecule has 0 unspecified atom stereocenters. The minimum Gasteiger partial charge on any atom is -0.480 e. The summed E-state index contributed by atoms with van der Waals surface area (Å²) in [7, 11) is 0. The van der Waals surface area contributed by atoms with Crippen LogP contribution in [0.4, 0.5) is 4.79 Å². The molecule has 1 atom stereocenters. The highest BCUT2D eigenvalue weighted by atomic mass is 16.6. The monoisotopic (exact) mass is 307 g/mol. The van der Waals surface area contributed by atoms with E-state index in [1.165, 1.54) is 0 Å². The zero-order valence-corrected chi connectivity index (χ0v) is 12.8. The van der Waals surface area contributed by atoms with Crippen molar-refractivity contribution in [2.24, 2.45) is 5.73 Å². The third kappa shape index (κ3) is 5.82. The number of nitrogen functional groups attached to an aromatic ring is 1. The van der Waals surface area contributed by atoms with Crippen LogP contribution in [-0.4, -0.2) is 34.6 Å². The molecule has 1 aromatic carbocycles. The van der Waals surface area contributed by atoms with E-state index in [4.69, 9.17) is 15.9 Å². The first-order valence-corrected chi connectivity index (χ1v) is 6.74.